The molecule has 0 aromatic rings. The average Bonchev–Trinajstić information content (AvgIpc) is 2.92. The van der Waals surface area contributed by atoms with E-state index in [-0.39, 0.29) is 51.3 Å². The molecule has 1 N–H and O–H groups in total. The van der Waals surface area contributed by atoms with Gasteiger partial charge in [0.05, 0.1) is 17.2 Å². The van der Waals surface area contributed by atoms with Crippen molar-refractivity contribution in [3.63, 3.8) is 0 Å². The predicted molar refractivity (Wildman–Crippen MR) is 102 cm³/mol. The number of thioether (sulfide) groups is 2. The molecular weight excluding hydrogens is 372 g/mol. The lowest BCUT2D eigenvalue weighted by molar-refractivity contribution is -0.143. The van der Waals surface area contributed by atoms with Gasteiger partial charge in [0.1, 0.15) is 16.4 Å². The summed E-state index contributed by atoms with van der Waals surface area (Å²) in [6, 6.07) is 0. The summed E-state index contributed by atoms with van der Waals surface area (Å²) < 4.78 is 5.13. The molecule has 2 fully saturated rings. The fraction of sp³-hybridized carbons (Fsp3) is 0.778. The summed E-state index contributed by atoms with van der Waals surface area (Å²) in [4.78, 5) is 36.3. The Balaban J connectivity index is 1.98. The van der Waals surface area contributed by atoms with E-state index in [2.05, 4.69) is 10.7 Å². The fourth-order valence-corrected chi connectivity index (χ4v) is 6.31. The van der Waals surface area contributed by atoms with Crippen LogP contribution in [0.1, 0.15) is 46.5 Å². The number of Topliss-reactive ketones (excluding diaryl/α,β-unsaturated/α-hetero) is 1. The number of ether oxygens (including phenoxy) is 1. The summed E-state index contributed by atoms with van der Waals surface area (Å²) in [6.45, 7) is 5.62. The Hall–Kier alpha value is -1.20. The highest BCUT2D eigenvalue weighted by Crippen LogP contribution is 2.44. The van der Waals surface area contributed by atoms with Gasteiger partial charge in [0, 0.05) is 11.8 Å². The molecule has 1 saturated heterocycles. The first-order valence-electron chi connectivity index (χ1n) is 9.06. The van der Waals surface area contributed by atoms with Gasteiger partial charge < -0.3 is 10.1 Å². The average molecular weight is 399 g/mol. The normalized spacial score (nSPS) is 33.9. The Kier molecular flexibility index (Phi) is 7.84. The van der Waals surface area contributed by atoms with Crippen LogP contribution in [0.2, 0.25) is 0 Å². The molecule has 0 aromatic heterocycles. The number of carbonyl (C=O) groups excluding carboxylic acids is 3. The first kappa shape index (κ1) is 21.1. The van der Waals surface area contributed by atoms with E-state index in [1.54, 1.807) is 13.8 Å². The van der Waals surface area contributed by atoms with E-state index in [1.807, 2.05) is 6.92 Å². The van der Waals surface area contributed by atoms with Crippen molar-refractivity contribution in [1.29, 1.82) is 5.26 Å². The predicted octanol–water partition coefficient (Wildman–Crippen LogP) is 2.72. The summed E-state index contributed by atoms with van der Waals surface area (Å²) in [6.07, 6.45) is 2.92. The summed E-state index contributed by atoms with van der Waals surface area (Å²) in [5, 5.41) is 13.4. The third-order valence-corrected chi connectivity index (χ3v) is 8.12. The van der Waals surface area contributed by atoms with Crippen LogP contribution in [0.5, 0.6) is 0 Å². The molecule has 0 radical (unpaired) electrons. The molecule has 0 aromatic carbocycles. The Bertz CT molecular complexity index is 584. The molecular formula is C18H26N2O4S2. The minimum absolute atomic E-state index is 0.0373. The van der Waals surface area contributed by atoms with Crippen molar-refractivity contribution in [1.82, 2.24) is 5.32 Å². The van der Waals surface area contributed by atoms with E-state index in [0.29, 0.717) is 19.4 Å². The maximum atomic E-state index is 12.7. The molecule has 1 aliphatic carbocycles. The van der Waals surface area contributed by atoms with Gasteiger partial charge in [-0.1, -0.05) is 6.92 Å². The summed E-state index contributed by atoms with van der Waals surface area (Å²) in [7, 11) is 0. The number of nitrogens with zero attached hydrogens (tertiary/aromatic N) is 1. The lowest BCUT2D eigenvalue weighted by Gasteiger charge is -2.28. The van der Waals surface area contributed by atoms with Gasteiger partial charge in [-0.25, -0.2) is 0 Å². The number of rotatable bonds is 6. The lowest BCUT2D eigenvalue weighted by Crippen LogP contribution is -2.42. The Labute approximate surface area is 163 Å². The highest BCUT2D eigenvalue weighted by Gasteiger charge is 2.47. The Morgan fingerprint density at radius 1 is 1.23 bits per heavy atom. The third-order valence-electron chi connectivity index (χ3n) is 5.25. The lowest BCUT2D eigenvalue weighted by atomic mass is 9.80. The summed E-state index contributed by atoms with van der Waals surface area (Å²) >= 11 is 2.48. The van der Waals surface area contributed by atoms with E-state index in [4.69, 9.17) is 10.00 Å². The number of thiocyanates is 1. The van der Waals surface area contributed by atoms with E-state index in [9.17, 15) is 14.4 Å². The minimum atomic E-state index is -0.375. The largest absolute Gasteiger partial charge is 0.465 e. The molecule has 26 heavy (non-hydrogen) atoms. The van der Waals surface area contributed by atoms with E-state index in [1.165, 1.54) is 11.8 Å². The molecule has 144 valence electrons. The number of nitriles is 1. The van der Waals surface area contributed by atoms with Crippen molar-refractivity contribution in [3.8, 4) is 5.40 Å². The van der Waals surface area contributed by atoms with Crippen LogP contribution in [-0.4, -0.2) is 40.1 Å². The van der Waals surface area contributed by atoms with Crippen LogP contribution in [-0.2, 0) is 19.1 Å². The van der Waals surface area contributed by atoms with Gasteiger partial charge in [0.25, 0.3) is 0 Å². The van der Waals surface area contributed by atoms with Crippen molar-refractivity contribution in [2.24, 2.45) is 17.8 Å². The maximum Gasteiger partial charge on any atom is 0.319 e. The maximum absolute atomic E-state index is 12.7. The van der Waals surface area contributed by atoms with Crippen LogP contribution < -0.4 is 5.32 Å². The Morgan fingerprint density at radius 2 is 1.85 bits per heavy atom. The van der Waals surface area contributed by atoms with Gasteiger partial charge in [0.2, 0.25) is 5.91 Å². The first-order valence-corrected chi connectivity index (χ1v) is 10.9. The molecule has 4 atom stereocenters. The SMILES string of the molecule is CCOC(=O)C1SC(NC(=O)C2CCC(C(C)=O)CC2)C(SC#N)C1C. The highest BCUT2D eigenvalue weighted by molar-refractivity contribution is 8.07. The van der Waals surface area contributed by atoms with Gasteiger partial charge >= 0.3 is 5.97 Å². The number of hydrogen-bond donors (Lipinski definition) is 1. The van der Waals surface area contributed by atoms with Crippen molar-refractivity contribution in [3.05, 3.63) is 0 Å². The van der Waals surface area contributed by atoms with Gasteiger partial charge in [-0.3, -0.25) is 14.4 Å². The number of esters is 1. The molecule has 1 heterocycles. The number of amides is 1. The number of nitrogens with one attached hydrogen (secondary N) is 1. The van der Waals surface area contributed by atoms with Gasteiger partial charge in [-0.05, 0) is 57.2 Å². The second-order valence-corrected chi connectivity index (χ2v) is 9.18. The fourth-order valence-electron chi connectivity index (χ4n) is 3.67. The molecule has 6 nitrogen and oxygen atoms in total. The third kappa shape index (κ3) is 4.95. The van der Waals surface area contributed by atoms with Crippen molar-refractivity contribution in [2.45, 2.75) is 62.3 Å². The van der Waals surface area contributed by atoms with Gasteiger partial charge in [-0.2, -0.15) is 5.26 Å². The molecule has 0 spiro atoms. The van der Waals surface area contributed by atoms with Crippen LogP contribution in [0.3, 0.4) is 0 Å². The quantitative estimate of drug-likeness (QED) is 0.543. The van der Waals surface area contributed by atoms with Crippen LogP contribution in [0.25, 0.3) is 0 Å². The molecule has 2 aliphatic rings. The summed E-state index contributed by atoms with van der Waals surface area (Å²) in [5.74, 6) is -0.211. The molecule has 8 heteroatoms. The van der Waals surface area contributed by atoms with Gasteiger partial charge in [-0.15, -0.1) is 11.8 Å². The van der Waals surface area contributed by atoms with E-state index in [0.717, 1.165) is 24.6 Å². The first-order chi connectivity index (χ1) is 12.4. The van der Waals surface area contributed by atoms with Crippen molar-refractivity contribution in [2.75, 3.05) is 6.61 Å². The van der Waals surface area contributed by atoms with Crippen LogP contribution in [0.4, 0.5) is 0 Å². The second kappa shape index (κ2) is 9.65. The second-order valence-electron chi connectivity index (χ2n) is 6.93. The molecule has 4 unspecified atom stereocenters. The topological polar surface area (TPSA) is 96.3 Å². The van der Waals surface area contributed by atoms with E-state index < -0.39 is 0 Å². The molecule has 1 amide bonds. The van der Waals surface area contributed by atoms with Crippen LogP contribution >= 0.6 is 23.5 Å². The van der Waals surface area contributed by atoms with Crippen molar-refractivity contribution < 1.29 is 19.1 Å². The van der Waals surface area contributed by atoms with Crippen LogP contribution in [0.15, 0.2) is 0 Å². The molecule has 1 aliphatic heterocycles. The van der Waals surface area contributed by atoms with Gasteiger partial charge in [0.15, 0.2) is 0 Å². The molecule has 0 bridgehead atoms. The van der Waals surface area contributed by atoms with Crippen LogP contribution in [0, 0.1) is 28.4 Å². The number of ketones is 1. The zero-order valence-corrected chi connectivity index (χ0v) is 17.0. The monoisotopic (exact) mass is 398 g/mol. The number of carbonyl (C=O) groups is 3. The summed E-state index contributed by atoms with van der Waals surface area (Å²) in [5.41, 5.74) is 0. The zero-order valence-electron chi connectivity index (χ0n) is 15.4. The Morgan fingerprint density at radius 3 is 2.38 bits per heavy atom. The number of hydrogen-bond acceptors (Lipinski definition) is 7. The van der Waals surface area contributed by atoms with Crippen molar-refractivity contribution >= 4 is 41.2 Å². The zero-order chi connectivity index (χ0) is 19.3. The van der Waals surface area contributed by atoms with E-state index >= 15 is 0 Å². The minimum Gasteiger partial charge on any atom is -0.465 e. The standard InChI is InChI=1S/C18H26N2O4S2/c1-4-24-18(23)15-10(2)14(25-9-19)17(26-15)20-16(22)13-7-5-12(6-8-13)11(3)21/h10,12-15,17H,4-8H2,1-3H3,(H,20,22). The molecule has 1 saturated carbocycles. The smallest absolute Gasteiger partial charge is 0.319 e. The highest BCUT2D eigenvalue weighted by atomic mass is 32.2. The molecule has 2 rings (SSSR count).